The standard InChI is InChI=1S/C13H14N2O2S/c1-8-5-4-6-9(7-8)11-10(12(16)17)14-13(18-3)15(11)2/h4-7H,1-3H3,(H,16,17). The lowest BCUT2D eigenvalue weighted by atomic mass is 10.1. The Balaban J connectivity index is 2.69. The molecule has 0 bridgehead atoms. The zero-order valence-electron chi connectivity index (χ0n) is 10.5. The zero-order valence-corrected chi connectivity index (χ0v) is 11.3. The minimum atomic E-state index is -0.998. The van der Waals surface area contributed by atoms with E-state index in [2.05, 4.69) is 4.98 Å². The molecule has 0 aliphatic carbocycles. The number of aromatic carboxylic acids is 1. The minimum absolute atomic E-state index is 0.104. The summed E-state index contributed by atoms with van der Waals surface area (Å²) in [5.74, 6) is -0.998. The second kappa shape index (κ2) is 4.86. The highest BCUT2D eigenvalue weighted by Gasteiger charge is 2.20. The summed E-state index contributed by atoms with van der Waals surface area (Å²) in [6, 6.07) is 7.77. The molecule has 18 heavy (non-hydrogen) atoms. The number of imidazole rings is 1. The number of carbonyl (C=O) groups is 1. The molecule has 0 aliphatic heterocycles. The number of hydrogen-bond acceptors (Lipinski definition) is 3. The van der Waals surface area contributed by atoms with Gasteiger partial charge in [0.2, 0.25) is 0 Å². The van der Waals surface area contributed by atoms with E-state index in [-0.39, 0.29) is 5.69 Å². The topological polar surface area (TPSA) is 55.1 Å². The van der Waals surface area contributed by atoms with E-state index in [0.717, 1.165) is 11.1 Å². The van der Waals surface area contributed by atoms with Crippen molar-refractivity contribution in [2.75, 3.05) is 6.26 Å². The van der Waals surface area contributed by atoms with Gasteiger partial charge in [-0.1, -0.05) is 35.5 Å². The number of carboxylic acid groups (broad SMARTS) is 1. The van der Waals surface area contributed by atoms with Crippen LogP contribution in [-0.4, -0.2) is 26.9 Å². The molecular formula is C13H14N2O2S. The second-order valence-electron chi connectivity index (χ2n) is 4.03. The van der Waals surface area contributed by atoms with Crippen molar-refractivity contribution in [1.82, 2.24) is 9.55 Å². The Kier molecular flexibility index (Phi) is 3.43. The molecule has 0 spiro atoms. The van der Waals surface area contributed by atoms with Crippen molar-refractivity contribution in [3.05, 3.63) is 35.5 Å². The first-order valence-electron chi connectivity index (χ1n) is 5.45. The van der Waals surface area contributed by atoms with Crippen LogP contribution in [0.2, 0.25) is 0 Å². The summed E-state index contributed by atoms with van der Waals surface area (Å²) < 4.78 is 1.82. The van der Waals surface area contributed by atoms with Gasteiger partial charge in [-0.25, -0.2) is 9.78 Å². The molecule has 0 saturated heterocycles. The fraction of sp³-hybridized carbons (Fsp3) is 0.231. The highest BCUT2D eigenvalue weighted by molar-refractivity contribution is 7.98. The Labute approximate surface area is 110 Å². The summed E-state index contributed by atoms with van der Waals surface area (Å²) in [6.07, 6.45) is 1.88. The number of nitrogens with zero attached hydrogens (tertiary/aromatic N) is 2. The van der Waals surface area contributed by atoms with Crippen LogP contribution in [0.4, 0.5) is 0 Å². The van der Waals surface area contributed by atoms with Crippen LogP contribution in [0.15, 0.2) is 29.4 Å². The smallest absolute Gasteiger partial charge is 0.356 e. The molecule has 2 aromatic rings. The Bertz CT molecular complexity index is 605. The molecule has 0 atom stereocenters. The van der Waals surface area contributed by atoms with Gasteiger partial charge < -0.3 is 9.67 Å². The molecule has 5 heteroatoms. The van der Waals surface area contributed by atoms with Crippen molar-refractivity contribution in [2.45, 2.75) is 12.1 Å². The third kappa shape index (κ3) is 2.13. The zero-order chi connectivity index (χ0) is 13.3. The maximum Gasteiger partial charge on any atom is 0.356 e. The number of aryl methyl sites for hydroxylation is 1. The summed E-state index contributed by atoms with van der Waals surface area (Å²) in [4.78, 5) is 15.4. The maximum atomic E-state index is 11.3. The molecule has 94 valence electrons. The van der Waals surface area contributed by atoms with Crippen molar-refractivity contribution in [1.29, 1.82) is 0 Å². The molecule has 2 rings (SSSR count). The van der Waals surface area contributed by atoms with E-state index >= 15 is 0 Å². The van der Waals surface area contributed by atoms with Crippen molar-refractivity contribution in [3.63, 3.8) is 0 Å². The van der Waals surface area contributed by atoms with Crippen molar-refractivity contribution >= 4 is 17.7 Å². The van der Waals surface area contributed by atoms with Gasteiger partial charge in [-0.15, -0.1) is 0 Å². The van der Waals surface area contributed by atoms with E-state index in [1.165, 1.54) is 11.8 Å². The van der Waals surface area contributed by atoms with E-state index in [1.54, 1.807) is 0 Å². The summed E-state index contributed by atoms with van der Waals surface area (Å²) in [6.45, 7) is 1.98. The highest BCUT2D eigenvalue weighted by atomic mass is 32.2. The van der Waals surface area contributed by atoms with Gasteiger partial charge in [-0.05, 0) is 19.2 Å². The van der Waals surface area contributed by atoms with E-state index in [4.69, 9.17) is 0 Å². The van der Waals surface area contributed by atoms with Crippen LogP contribution in [0, 0.1) is 6.92 Å². The van der Waals surface area contributed by atoms with Gasteiger partial charge >= 0.3 is 5.97 Å². The number of aromatic nitrogens is 2. The molecule has 1 heterocycles. The monoisotopic (exact) mass is 262 g/mol. The van der Waals surface area contributed by atoms with Crippen LogP contribution in [0.5, 0.6) is 0 Å². The Morgan fingerprint density at radius 2 is 2.17 bits per heavy atom. The fourth-order valence-corrected chi connectivity index (χ4v) is 2.48. The third-order valence-corrected chi connectivity index (χ3v) is 3.46. The summed E-state index contributed by atoms with van der Waals surface area (Å²) in [7, 11) is 1.84. The SMILES string of the molecule is CSc1nc(C(=O)O)c(-c2cccc(C)c2)n1C. The van der Waals surface area contributed by atoms with E-state index in [0.29, 0.717) is 10.9 Å². The Hall–Kier alpha value is -1.75. The van der Waals surface area contributed by atoms with Gasteiger partial charge in [0.15, 0.2) is 10.9 Å². The lowest BCUT2D eigenvalue weighted by Crippen LogP contribution is -2.01. The lowest BCUT2D eigenvalue weighted by Gasteiger charge is -2.06. The lowest BCUT2D eigenvalue weighted by molar-refractivity contribution is 0.0691. The number of rotatable bonds is 3. The molecule has 0 saturated carbocycles. The number of thioether (sulfide) groups is 1. The fourth-order valence-electron chi connectivity index (χ4n) is 1.93. The number of hydrogen-bond donors (Lipinski definition) is 1. The normalized spacial score (nSPS) is 10.6. The Morgan fingerprint density at radius 3 is 2.72 bits per heavy atom. The molecule has 4 nitrogen and oxygen atoms in total. The molecule has 0 unspecified atom stereocenters. The molecule has 1 aromatic carbocycles. The van der Waals surface area contributed by atoms with Gasteiger partial charge in [0.05, 0.1) is 5.69 Å². The van der Waals surface area contributed by atoms with Crippen LogP contribution in [0.3, 0.4) is 0 Å². The number of carboxylic acids is 1. The van der Waals surface area contributed by atoms with Crippen LogP contribution >= 0.6 is 11.8 Å². The quantitative estimate of drug-likeness (QED) is 0.864. The van der Waals surface area contributed by atoms with Crippen molar-refractivity contribution in [2.24, 2.45) is 7.05 Å². The van der Waals surface area contributed by atoms with Gasteiger partial charge in [0, 0.05) is 12.6 Å². The third-order valence-electron chi connectivity index (χ3n) is 2.73. The van der Waals surface area contributed by atoms with Crippen LogP contribution in [0.25, 0.3) is 11.3 Å². The van der Waals surface area contributed by atoms with E-state index in [1.807, 2.05) is 49.1 Å². The van der Waals surface area contributed by atoms with Crippen molar-refractivity contribution < 1.29 is 9.90 Å². The van der Waals surface area contributed by atoms with Gasteiger partial charge in [0.1, 0.15) is 0 Å². The van der Waals surface area contributed by atoms with Crippen molar-refractivity contribution in [3.8, 4) is 11.3 Å². The minimum Gasteiger partial charge on any atom is -0.476 e. The maximum absolute atomic E-state index is 11.3. The van der Waals surface area contributed by atoms with E-state index < -0.39 is 5.97 Å². The van der Waals surface area contributed by atoms with Gasteiger partial charge in [-0.2, -0.15) is 0 Å². The number of benzene rings is 1. The summed E-state index contributed by atoms with van der Waals surface area (Å²) in [5.41, 5.74) is 2.72. The molecular weight excluding hydrogens is 248 g/mol. The predicted octanol–water partition coefficient (Wildman–Crippen LogP) is 2.82. The summed E-state index contributed by atoms with van der Waals surface area (Å²) >= 11 is 1.44. The second-order valence-corrected chi connectivity index (χ2v) is 4.80. The average Bonchev–Trinajstić information content (AvgIpc) is 2.66. The molecule has 0 aliphatic rings. The molecule has 0 radical (unpaired) electrons. The first-order chi connectivity index (χ1) is 8.54. The largest absolute Gasteiger partial charge is 0.476 e. The molecule has 1 N–H and O–H groups in total. The molecule has 1 aromatic heterocycles. The van der Waals surface area contributed by atoms with Crippen LogP contribution in [0.1, 0.15) is 16.1 Å². The Morgan fingerprint density at radius 1 is 1.44 bits per heavy atom. The summed E-state index contributed by atoms with van der Waals surface area (Å²) in [5, 5.41) is 9.94. The van der Waals surface area contributed by atoms with Crippen LogP contribution < -0.4 is 0 Å². The molecule has 0 fully saturated rings. The van der Waals surface area contributed by atoms with E-state index in [9.17, 15) is 9.90 Å². The van der Waals surface area contributed by atoms with Gasteiger partial charge in [0.25, 0.3) is 0 Å². The van der Waals surface area contributed by atoms with Crippen LogP contribution in [-0.2, 0) is 7.05 Å². The molecule has 0 amide bonds. The van der Waals surface area contributed by atoms with Gasteiger partial charge in [-0.3, -0.25) is 0 Å². The first-order valence-corrected chi connectivity index (χ1v) is 6.68. The first kappa shape index (κ1) is 12.7. The highest BCUT2D eigenvalue weighted by Crippen LogP contribution is 2.28. The average molecular weight is 262 g/mol. The predicted molar refractivity (Wildman–Crippen MR) is 72.1 cm³/mol.